The molecule has 0 spiro atoms. The predicted octanol–water partition coefficient (Wildman–Crippen LogP) is 5.10. The van der Waals surface area contributed by atoms with Crippen molar-refractivity contribution in [3.8, 4) is 27.7 Å². The van der Waals surface area contributed by atoms with Gasteiger partial charge in [0.15, 0.2) is 5.82 Å². The predicted molar refractivity (Wildman–Crippen MR) is 118 cm³/mol. The summed E-state index contributed by atoms with van der Waals surface area (Å²) in [6, 6.07) is 15.5. The Balaban J connectivity index is 1.57. The van der Waals surface area contributed by atoms with Gasteiger partial charge in [-0.3, -0.25) is 4.98 Å². The Bertz CT molecular complexity index is 1360. The fourth-order valence-corrected chi connectivity index (χ4v) is 3.79. The van der Waals surface area contributed by atoms with E-state index in [1.165, 1.54) is 23.5 Å². The molecule has 0 amide bonds. The second kappa shape index (κ2) is 8.04. The first-order valence-corrected chi connectivity index (χ1v) is 10.1. The number of hydrogen-bond acceptors (Lipinski definition) is 8. The van der Waals surface area contributed by atoms with Crippen LogP contribution in [0.25, 0.3) is 32.9 Å². The number of benzene rings is 2. The number of nitrogens with one attached hydrogen (secondary N) is 1. The first kappa shape index (κ1) is 19.0. The minimum absolute atomic E-state index is 0.295. The molecule has 152 valence electrons. The van der Waals surface area contributed by atoms with Crippen molar-refractivity contribution in [2.45, 2.75) is 0 Å². The van der Waals surface area contributed by atoms with E-state index >= 15 is 0 Å². The van der Waals surface area contributed by atoms with Crippen molar-refractivity contribution >= 4 is 33.2 Å². The molecule has 0 radical (unpaired) electrons. The van der Waals surface area contributed by atoms with Crippen molar-refractivity contribution < 1.29 is 9.13 Å². The molecule has 1 N–H and O–H groups in total. The average molecular weight is 430 g/mol. The fourth-order valence-electron chi connectivity index (χ4n) is 3.04. The number of methoxy groups -OCH3 is 1. The summed E-state index contributed by atoms with van der Waals surface area (Å²) in [6.45, 7) is 0. The maximum Gasteiger partial charge on any atom is 0.211 e. The number of hydrogen-bond donors (Lipinski definition) is 1. The first-order valence-electron chi connectivity index (χ1n) is 9.32. The zero-order valence-electron chi connectivity index (χ0n) is 16.3. The summed E-state index contributed by atoms with van der Waals surface area (Å²) in [5.41, 5.74) is 2.34. The van der Waals surface area contributed by atoms with Crippen LogP contribution in [0.4, 0.5) is 15.3 Å². The summed E-state index contributed by atoms with van der Waals surface area (Å²) in [4.78, 5) is 13.5. The molecular weight excluding hydrogens is 415 g/mol. The highest BCUT2D eigenvalue weighted by molar-refractivity contribution is 7.18. The van der Waals surface area contributed by atoms with Gasteiger partial charge < -0.3 is 10.1 Å². The molecule has 0 bridgehead atoms. The number of nitrogens with zero attached hydrogens (tertiary/aromatic N) is 5. The molecule has 3 heterocycles. The Morgan fingerprint density at radius 2 is 1.84 bits per heavy atom. The zero-order valence-corrected chi connectivity index (χ0v) is 17.1. The topological polar surface area (TPSA) is 85.7 Å². The van der Waals surface area contributed by atoms with Gasteiger partial charge >= 0.3 is 0 Å². The third-order valence-electron chi connectivity index (χ3n) is 4.56. The molecule has 0 fully saturated rings. The zero-order chi connectivity index (χ0) is 21.2. The number of fused-ring (bicyclic) bond motifs is 1. The van der Waals surface area contributed by atoms with Crippen molar-refractivity contribution in [3.05, 3.63) is 72.8 Å². The van der Waals surface area contributed by atoms with Crippen molar-refractivity contribution in [3.63, 3.8) is 0 Å². The van der Waals surface area contributed by atoms with Gasteiger partial charge in [0.2, 0.25) is 5.13 Å². The van der Waals surface area contributed by atoms with Crippen LogP contribution in [0.2, 0.25) is 0 Å². The van der Waals surface area contributed by atoms with Gasteiger partial charge in [0, 0.05) is 28.9 Å². The van der Waals surface area contributed by atoms with Crippen LogP contribution in [0.15, 0.2) is 67.0 Å². The van der Waals surface area contributed by atoms with Crippen LogP contribution < -0.4 is 10.1 Å². The molecule has 0 saturated heterocycles. The maximum atomic E-state index is 13.2. The molecule has 5 rings (SSSR count). The Morgan fingerprint density at radius 1 is 0.968 bits per heavy atom. The molecule has 5 aromatic rings. The Hall–Kier alpha value is -3.98. The second-order valence-corrected chi connectivity index (χ2v) is 7.54. The van der Waals surface area contributed by atoms with Crippen LogP contribution in [-0.2, 0) is 0 Å². The van der Waals surface area contributed by atoms with Gasteiger partial charge in [-0.1, -0.05) is 11.3 Å². The van der Waals surface area contributed by atoms with Gasteiger partial charge in [-0.2, -0.15) is 0 Å². The minimum atomic E-state index is -0.295. The van der Waals surface area contributed by atoms with E-state index in [-0.39, 0.29) is 5.82 Å². The van der Waals surface area contributed by atoms with E-state index < -0.39 is 0 Å². The Kier molecular flexibility index (Phi) is 4.93. The number of aromatic nitrogens is 5. The van der Waals surface area contributed by atoms with Crippen molar-refractivity contribution in [1.29, 1.82) is 0 Å². The summed E-state index contributed by atoms with van der Waals surface area (Å²) in [5, 5.41) is 13.7. The molecular formula is C22H15FN6OS. The molecule has 9 heteroatoms. The lowest BCUT2D eigenvalue weighted by Gasteiger charge is -2.10. The quantitative estimate of drug-likeness (QED) is 0.415. The smallest absolute Gasteiger partial charge is 0.211 e. The normalized spacial score (nSPS) is 10.9. The largest absolute Gasteiger partial charge is 0.497 e. The number of rotatable bonds is 5. The standard InChI is InChI=1S/C22H15FN6OS/c1-30-16-8-9-18-17(11-16)20(26-19(25-18)14-3-2-10-24-12-14)27-22-29-28-21(31-22)13-4-6-15(23)7-5-13/h2-12H,1H3,(H,25,26,27,29). The fraction of sp³-hybridized carbons (Fsp3) is 0.0455. The second-order valence-electron chi connectivity index (χ2n) is 6.56. The van der Waals surface area contributed by atoms with Gasteiger partial charge in [-0.25, -0.2) is 14.4 Å². The lowest BCUT2D eigenvalue weighted by molar-refractivity contribution is 0.415. The molecule has 0 atom stereocenters. The lowest BCUT2D eigenvalue weighted by Crippen LogP contribution is -2.00. The molecule has 0 unspecified atom stereocenters. The van der Waals surface area contributed by atoms with E-state index in [9.17, 15) is 4.39 Å². The number of pyridine rings is 1. The van der Waals surface area contributed by atoms with Gasteiger partial charge in [0.1, 0.15) is 22.4 Å². The van der Waals surface area contributed by atoms with Crippen LogP contribution in [-0.4, -0.2) is 32.3 Å². The summed E-state index contributed by atoms with van der Waals surface area (Å²) in [6.07, 6.45) is 3.42. The Labute approximate surface area is 180 Å². The SMILES string of the molecule is COc1ccc2nc(-c3cccnc3)nc(Nc3nnc(-c4ccc(F)cc4)s3)c2c1. The molecule has 0 aliphatic rings. The monoisotopic (exact) mass is 430 g/mol. The highest BCUT2D eigenvalue weighted by Crippen LogP contribution is 2.32. The summed E-state index contributed by atoms with van der Waals surface area (Å²) < 4.78 is 18.6. The first-order chi connectivity index (χ1) is 15.2. The van der Waals surface area contributed by atoms with Crippen molar-refractivity contribution in [1.82, 2.24) is 25.1 Å². The van der Waals surface area contributed by atoms with E-state index in [0.29, 0.717) is 27.5 Å². The van der Waals surface area contributed by atoms with Crippen LogP contribution in [0.5, 0.6) is 5.75 Å². The minimum Gasteiger partial charge on any atom is -0.497 e. The molecule has 0 aliphatic heterocycles. The highest BCUT2D eigenvalue weighted by Gasteiger charge is 2.14. The van der Waals surface area contributed by atoms with Crippen LogP contribution in [0, 0.1) is 5.82 Å². The summed E-state index contributed by atoms with van der Waals surface area (Å²) in [7, 11) is 1.61. The van der Waals surface area contributed by atoms with E-state index in [1.807, 2.05) is 30.3 Å². The van der Waals surface area contributed by atoms with E-state index in [0.717, 1.165) is 22.0 Å². The van der Waals surface area contributed by atoms with Gasteiger partial charge in [-0.05, 0) is 54.6 Å². The third-order valence-corrected chi connectivity index (χ3v) is 5.45. The summed E-state index contributed by atoms with van der Waals surface area (Å²) in [5.74, 6) is 1.51. The average Bonchev–Trinajstić information content (AvgIpc) is 3.28. The van der Waals surface area contributed by atoms with Crippen molar-refractivity contribution in [2.24, 2.45) is 0 Å². The number of ether oxygens (including phenoxy) is 1. The molecule has 0 aliphatic carbocycles. The van der Waals surface area contributed by atoms with Gasteiger partial charge in [-0.15, -0.1) is 10.2 Å². The lowest BCUT2D eigenvalue weighted by atomic mass is 10.2. The molecule has 0 saturated carbocycles. The maximum absolute atomic E-state index is 13.2. The summed E-state index contributed by atoms with van der Waals surface area (Å²) >= 11 is 1.35. The Morgan fingerprint density at radius 3 is 2.61 bits per heavy atom. The number of anilines is 2. The van der Waals surface area contributed by atoms with Crippen molar-refractivity contribution in [2.75, 3.05) is 12.4 Å². The van der Waals surface area contributed by atoms with E-state index in [1.54, 1.807) is 31.6 Å². The van der Waals surface area contributed by atoms with E-state index in [4.69, 9.17) is 9.72 Å². The van der Waals surface area contributed by atoms with Crippen LogP contribution in [0.1, 0.15) is 0 Å². The molecule has 3 aromatic heterocycles. The van der Waals surface area contributed by atoms with E-state index in [2.05, 4.69) is 25.5 Å². The number of halogens is 1. The van der Waals surface area contributed by atoms with Crippen LogP contribution >= 0.6 is 11.3 Å². The molecule has 7 nitrogen and oxygen atoms in total. The molecule has 2 aromatic carbocycles. The van der Waals surface area contributed by atoms with Gasteiger partial charge in [0.25, 0.3) is 0 Å². The van der Waals surface area contributed by atoms with Crippen LogP contribution in [0.3, 0.4) is 0 Å². The highest BCUT2D eigenvalue weighted by atomic mass is 32.1. The van der Waals surface area contributed by atoms with Gasteiger partial charge in [0.05, 0.1) is 12.6 Å². The third kappa shape index (κ3) is 3.90. The molecule has 31 heavy (non-hydrogen) atoms.